The molecule has 0 bridgehead atoms. The molecule has 1 amide bonds. The fourth-order valence-electron chi connectivity index (χ4n) is 3.14. The first-order valence-corrected chi connectivity index (χ1v) is 11.0. The van der Waals surface area contributed by atoms with Gasteiger partial charge in [-0.05, 0) is 36.8 Å². The number of rotatable bonds is 7. The first-order valence-electron chi connectivity index (χ1n) is 9.63. The van der Waals surface area contributed by atoms with Crippen LogP contribution in [0.15, 0.2) is 65.1 Å². The Bertz CT molecular complexity index is 1290. The summed E-state index contributed by atoms with van der Waals surface area (Å²) in [6.07, 6.45) is 3.73. The lowest BCUT2D eigenvalue weighted by Crippen LogP contribution is -2.24. The van der Waals surface area contributed by atoms with E-state index in [2.05, 4.69) is 20.4 Å². The van der Waals surface area contributed by atoms with Gasteiger partial charge in [0.05, 0.1) is 28.0 Å². The highest BCUT2D eigenvalue weighted by atomic mass is 35.5. The number of benzene rings is 2. The quantitative estimate of drug-likeness (QED) is 0.337. The van der Waals surface area contributed by atoms with Gasteiger partial charge in [0, 0.05) is 11.6 Å². The number of halogens is 1. The average Bonchev–Trinajstić information content (AvgIpc) is 3.29. The van der Waals surface area contributed by atoms with E-state index in [1.165, 1.54) is 24.4 Å². The Morgan fingerprint density at radius 1 is 1.23 bits per heavy atom. The van der Waals surface area contributed by atoms with E-state index in [0.29, 0.717) is 39.0 Å². The van der Waals surface area contributed by atoms with Gasteiger partial charge in [-0.1, -0.05) is 42.4 Å². The number of carbonyl (C=O) groups excluding carboxylic acids is 1. The van der Waals surface area contributed by atoms with Crippen LogP contribution < -0.4 is 10.9 Å². The molecule has 2 aromatic heterocycles. The van der Waals surface area contributed by atoms with Crippen molar-refractivity contribution in [3.05, 3.63) is 70.5 Å². The molecule has 2 aromatic carbocycles. The van der Waals surface area contributed by atoms with Crippen LogP contribution in [0.25, 0.3) is 16.6 Å². The van der Waals surface area contributed by atoms with E-state index < -0.39 is 0 Å². The SMILES string of the molecule is CCCn1c(SCC(=O)Nc2cc(Cl)ccc2-n2cncn2)nc2ccccc2c1=O. The molecular weight excluding hydrogens is 436 g/mol. The van der Waals surface area contributed by atoms with Crippen molar-refractivity contribution < 1.29 is 4.79 Å². The van der Waals surface area contributed by atoms with E-state index in [9.17, 15) is 9.59 Å². The Hall–Kier alpha value is -3.17. The minimum absolute atomic E-state index is 0.0812. The van der Waals surface area contributed by atoms with Crippen LogP contribution in [0.5, 0.6) is 0 Å². The molecule has 2 heterocycles. The van der Waals surface area contributed by atoms with Crippen LogP contribution in [0.3, 0.4) is 0 Å². The molecule has 0 aliphatic heterocycles. The lowest BCUT2D eigenvalue weighted by Gasteiger charge is -2.13. The van der Waals surface area contributed by atoms with Crippen molar-refractivity contribution in [2.45, 2.75) is 25.0 Å². The van der Waals surface area contributed by atoms with Crippen LogP contribution in [0.2, 0.25) is 5.02 Å². The van der Waals surface area contributed by atoms with E-state index in [1.807, 2.05) is 19.1 Å². The molecule has 10 heteroatoms. The van der Waals surface area contributed by atoms with Crippen LogP contribution >= 0.6 is 23.4 Å². The normalized spacial score (nSPS) is 11.0. The molecule has 0 aliphatic rings. The minimum atomic E-state index is -0.251. The molecule has 0 spiro atoms. The second kappa shape index (κ2) is 9.32. The monoisotopic (exact) mass is 454 g/mol. The molecule has 31 heavy (non-hydrogen) atoms. The van der Waals surface area contributed by atoms with Crippen molar-refractivity contribution in [2.24, 2.45) is 0 Å². The number of nitrogens with one attached hydrogen (secondary N) is 1. The molecule has 0 unspecified atom stereocenters. The van der Waals surface area contributed by atoms with Crippen molar-refractivity contribution >= 4 is 45.9 Å². The number of amides is 1. The topological polar surface area (TPSA) is 94.7 Å². The number of hydrogen-bond acceptors (Lipinski definition) is 6. The number of thioether (sulfide) groups is 1. The third-order valence-electron chi connectivity index (χ3n) is 4.50. The van der Waals surface area contributed by atoms with Crippen LogP contribution in [0, 0.1) is 0 Å². The van der Waals surface area contributed by atoms with Crippen LogP contribution in [-0.2, 0) is 11.3 Å². The van der Waals surface area contributed by atoms with E-state index in [-0.39, 0.29) is 17.2 Å². The van der Waals surface area contributed by atoms with Crippen molar-refractivity contribution in [2.75, 3.05) is 11.1 Å². The number of anilines is 1. The second-order valence-corrected chi connectivity index (χ2v) is 8.09. The van der Waals surface area contributed by atoms with Gasteiger partial charge in [-0.2, -0.15) is 5.10 Å². The fourth-order valence-corrected chi connectivity index (χ4v) is 4.13. The van der Waals surface area contributed by atoms with Gasteiger partial charge in [-0.3, -0.25) is 14.2 Å². The third kappa shape index (κ3) is 4.62. The van der Waals surface area contributed by atoms with E-state index in [1.54, 1.807) is 39.6 Å². The van der Waals surface area contributed by atoms with E-state index >= 15 is 0 Å². The van der Waals surface area contributed by atoms with Crippen molar-refractivity contribution in [3.8, 4) is 5.69 Å². The summed E-state index contributed by atoms with van der Waals surface area (Å²) in [7, 11) is 0. The third-order valence-corrected chi connectivity index (χ3v) is 5.72. The van der Waals surface area contributed by atoms with Crippen LogP contribution in [0.1, 0.15) is 13.3 Å². The number of hydrogen-bond donors (Lipinski definition) is 1. The lowest BCUT2D eigenvalue weighted by molar-refractivity contribution is -0.113. The van der Waals surface area contributed by atoms with E-state index in [4.69, 9.17) is 11.6 Å². The summed E-state index contributed by atoms with van der Waals surface area (Å²) >= 11 is 7.34. The molecule has 4 aromatic rings. The summed E-state index contributed by atoms with van der Waals surface area (Å²) in [5.74, 6) is -0.170. The van der Waals surface area contributed by atoms with E-state index in [0.717, 1.165) is 6.42 Å². The average molecular weight is 455 g/mol. The van der Waals surface area contributed by atoms with Crippen molar-refractivity contribution in [1.82, 2.24) is 24.3 Å². The maximum atomic E-state index is 12.9. The Balaban J connectivity index is 1.56. The molecular formula is C21H19ClN6O2S. The summed E-state index contributed by atoms with van der Waals surface area (Å²) in [4.78, 5) is 34.1. The molecule has 0 aliphatic carbocycles. The van der Waals surface area contributed by atoms with Gasteiger partial charge in [0.1, 0.15) is 12.7 Å². The maximum absolute atomic E-state index is 12.9. The standard InChI is InChI=1S/C21H19ClN6O2S/c1-2-9-27-20(30)15-5-3-4-6-16(15)26-21(27)31-11-19(29)25-17-10-14(22)7-8-18(17)28-13-23-12-24-28/h3-8,10,12-13H,2,9,11H2,1H3,(H,25,29). The summed E-state index contributed by atoms with van der Waals surface area (Å²) in [5.41, 5.74) is 1.68. The van der Waals surface area contributed by atoms with Gasteiger partial charge in [0.25, 0.3) is 5.56 Å². The predicted molar refractivity (Wildman–Crippen MR) is 122 cm³/mol. The molecule has 0 saturated carbocycles. The molecule has 0 fully saturated rings. The number of carbonyl (C=O) groups is 1. The summed E-state index contributed by atoms with van der Waals surface area (Å²) in [6.45, 7) is 2.53. The summed E-state index contributed by atoms with van der Waals surface area (Å²) in [5, 5.41) is 8.54. The first-order chi connectivity index (χ1) is 15.1. The number of aromatic nitrogens is 5. The molecule has 0 saturated heterocycles. The predicted octanol–water partition coefficient (Wildman–Crippen LogP) is 3.77. The zero-order valence-electron chi connectivity index (χ0n) is 16.7. The minimum Gasteiger partial charge on any atom is -0.323 e. The highest BCUT2D eigenvalue weighted by molar-refractivity contribution is 7.99. The second-order valence-electron chi connectivity index (χ2n) is 6.71. The Morgan fingerprint density at radius 2 is 2.06 bits per heavy atom. The van der Waals surface area contributed by atoms with Crippen LogP contribution in [0.4, 0.5) is 5.69 Å². The van der Waals surface area contributed by atoms with Gasteiger partial charge < -0.3 is 5.32 Å². The summed E-state index contributed by atoms with van der Waals surface area (Å²) < 4.78 is 3.17. The first kappa shape index (κ1) is 21.1. The molecule has 8 nitrogen and oxygen atoms in total. The van der Waals surface area contributed by atoms with Gasteiger partial charge in [0.2, 0.25) is 5.91 Å². The molecule has 0 radical (unpaired) electrons. The van der Waals surface area contributed by atoms with Gasteiger partial charge in [0.15, 0.2) is 5.16 Å². The highest BCUT2D eigenvalue weighted by Gasteiger charge is 2.14. The smallest absolute Gasteiger partial charge is 0.262 e. The fraction of sp³-hybridized carbons (Fsp3) is 0.190. The zero-order chi connectivity index (χ0) is 21.8. The highest BCUT2D eigenvalue weighted by Crippen LogP contribution is 2.25. The Labute approximate surface area is 187 Å². The Morgan fingerprint density at radius 3 is 2.84 bits per heavy atom. The van der Waals surface area contributed by atoms with Gasteiger partial charge >= 0.3 is 0 Å². The maximum Gasteiger partial charge on any atom is 0.262 e. The van der Waals surface area contributed by atoms with Gasteiger partial charge in [-0.25, -0.2) is 14.6 Å². The number of nitrogens with zero attached hydrogens (tertiary/aromatic N) is 5. The molecule has 158 valence electrons. The lowest BCUT2D eigenvalue weighted by atomic mass is 10.2. The van der Waals surface area contributed by atoms with Gasteiger partial charge in [-0.15, -0.1) is 0 Å². The van der Waals surface area contributed by atoms with Crippen molar-refractivity contribution in [1.29, 1.82) is 0 Å². The number of fused-ring (bicyclic) bond motifs is 1. The number of para-hydroxylation sites is 1. The molecule has 1 N–H and O–H groups in total. The summed E-state index contributed by atoms with van der Waals surface area (Å²) in [6, 6.07) is 12.3. The zero-order valence-corrected chi connectivity index (χ0v) is 18.2. The van der Waals surface area contributed by atoms with Crippen LogP contribution in [-0.4, -0.2) is 36.0 Å². The molecule has 4 rings (SSSR count). The van der Waals surface area contributed by atoms with Crippen molar-refractivity contribution in [3.63, 3.8) is 0 Å². The molecule has 0 atom stereocenters. The Kier molecular flexibility index (Phi) is 6.34. The largest absolute Gasteiger partial charge is 0.323 e.